The van der Waals surface area contributed by atoms with Gasteiger partial charge >= 0.3 is 0 Å². The number of hydrogen-bond donors (Lipinski definition) is 0. The van der Waals surface area contributed by atoms with Crippen LogP contribution in [0.2, 0.25) is 0 Å². The van der Waals surface area contributed by atoms with Crippen molar-refractivity contribution in [2.24, 2.45) is 0 Å². The number of hydrogen-bond acceptors (Lipinski definition) is 3. The van der Waals surface area contributed by atoms with E-state index >= 15 is 0 Å². The number of benzene rings is 2. The fourth-order valence-electron chi connectivity index (χ4n) is 1.86. The Labute approximate surface area is 127 Å². The molecule has 0 saturated heterocycles. The van der Waals surface area contributed by atoms with Gasteiger partial charge in [-0.1, -0.05) is 18.2 Å². The van der Waals surface area contributed by atoms with Crippen molar-refractivity contribution in [1.29, 1.82) is 0 Å². The smallest absolute Gasteiger partial charge is 0.161 e. The molecule has 0 unspecified atom stereocenters. The molecule has 20 heavy (non-hydrogen) atoms. The molecule has 0 bridgehead atoms. The minimum absolute atomic E-state index is 0.475. The maximum atomic E-state index is 5.83. The molecule has 0 saturated carbocycles. The summed E-state index contributed by atoms with van der Waals surface area (Å²) in [7, 11) is 3.25. The van der Waals surface area contributed by atoms with Crippen molar-refractivity contribution in [3.8, 4) is 17.2 Å². The van der Waals surface area contributed by atoms with E-state index in [4.69, 9.17) is 14.2 Å². The third kappa shape index (κ3) is 3.25. The average molecular weight is 337 g/mol. The second-order valence-corrected chi connectivity index (χ2v) is 5.16. The molecule has 3 nitrogen and oxygen atoms in total. The number of rotatable bonds is 5. The fraction of sp³-hybridized carbons (Fsp3) is 0.250. The van der Waals surface area contributed by atoms with Gasteiger partial charge in [-0.2, -0.15) is 0 Å². The Morgan fingerprint density at radius 2 is 1.70 bits per heavy atom. The van der Waals surface area contributed by atoms with Gasteiger partial charge < -0.3 is 14.2 Å². The van der Waals surface area contributed by atoms with E-state index in [1.165, 1.54) is 0 Å². The third-order valence-electron chi connectivity index (χ3n) is 3.00. The molecule has 0 N–H and O–H groups in total. The molecular formula is C16H17BrO3. The van der Waals surface area contributed by atoms with Crippen molar-refractivity contribution in [3.63, 3.8) is 0 Å². The Kier molecular flexibility index (Phi) is 4.90. The van der Waals surface area contributed by atoms with E-state index < -0.39 is 0 Å². The highest BCUT2D eigenvalue weighted by atomic mass is 79.9. The van der Waals surface area contributed by atoms with Crippen LogP contribution in [-0.2, 0) is 6.61 Å². The average Bonchev–Trinajstić information content (AvgIpc) is 2.48. The highest BCUT2D eigenvalue weighted by molar-refractivity contribution is 9.10. The number of aryl methyl sites for hydroxylation is 1. The predicted octanol–water partition coefficient (Wildman–Crippen LogP) is 4.35. The summed E-state index contributed by atoms with van der Waals surface area (Å²) in [6.07, 6.45) is 0. The summed E-state index contributed by atoms with van der Waals surface area (Å²) in [5.41, 5.74) is 2.17. The summed E-state index contributed by atoms with van der Waals surface area (Å²) in [6, 6.07) is 11.7. The topological polar surface area (TPSA) is 27.7 Å². The van der Waals surface area contributed by atoms with E-state index in [0.29, 0.717) is 18.1 Å². The standard InChI is InChI=1S/C16H17BrO3/c1-11-5-4-6-14(16(11)17)20-10-12-7-8-13(18-2)15(9-12)19-3/h4-9H,10H2,1-3H3. The Bertz CT molecular complexity index is 596. The van der Waals surface area contributed by atoms with Crippen LogP contribution in [0, 0.1) is 6.92 Å². The van der Waals surface area contributed by atoms with Crippen LogP contribution in [0.15, 0.2) is 40.9 Å². The first-order chi connectivity index (χ1) is 9.65. The lowest BCUT2D eigenvalue weighted by molar-refractivity contribution is 0.301. The molecule has 2 aromatic rings. The molecule has 0 fully saturated rings. The molecule has 0 radical (unpaired) electrons. The molecule has 0 atom stereocenters. The number of methoxy groups -OCH3 is 2. The molecule has 2 aromatic carbocycles. The zero-order valence-corrected chi connectivity index (χ0v) is 13.4. The summed E-state index contributed by atoms with van der Waals surface area (Å²) in [6.45, 7) is 2.51. The van der Waals surface area contributed by atoms with Gasteiger partial charge in [-0.25, -0.2) is 0 Å². The van der Waals surface area contributed by atoms with Gasteiger partial charge in [-0.05, 0) is 52.2 Å². The lowest BCUT2D eigenvalue weighted by atomic mass is 10.2. The van der Waals surface area contributed by atoms with Crippen LogP contribution >= 0.6 is 15.9 Å². The largest absolute Gasteiger partial charge is 0.493 e. The van der Waals surface area contributed by atoms with E-state index in [9.17, 15) is 0 Å². The number of ether oxygens (including phenoxy) is 3. The van der Waals surface area contributed by atoms with Crippen LogP contribution in [0.25, 0.3) is 0 Å². The van der Waals surface area contributed by atoms with Crippen molar-refractivity contribution in [1.82, 2.24) is 0 Å². The van der Waals surface area contributed by atoms with Crippen LogP contribution in [0.1, 0.15) is 11.1 Å². The second kappa shape index (κ2) is 6.66. The predicted molar refractivity (Wildman–Crippen MR) is 82.8 cm³/mol. The SMILES string of the molecule is COc1ccc(COc2cccc(C)c2Br)cc1OC. The Hall–Kier alpha value is -1.68. The third-order valence-corrected chi connectivity index (χ3v) is 4.01. The minimum atomic E-state index is 0.475. The van der Waals surface area contributed by atoms with Gasteiger partial charge in [-0.3, -0.25) is 0 Å². The fourth-order valence-corrected chi connectivity index (χ4v) is 2.24. The molecule has 0 aromatic heterocycles. The zero-order chi connectivity index (χ0) is 14.5. The molecule has 106 valence electrons. The van der Waals surface area contributed by atoms with E-state index in [-0.39, 0.29) is 0 Å². The van der Waals surface area contributed by atoms with Gasteiger partial charge in [0.15, 0.2) is 11.5 Å². The van der Waals surface area contributed by atoms with Gasteiger partial charge in [0.25, 0.3) is 0 Å². The van der Waals surface area contributed by atoms with Crippen molar-refractivity contribution in [2.45, 2.75) is 13.5 Å². The lowest BCUT2D eigenvalue weighted by Gasteiger charge is -2.12. The van der Waals surface area contributed by atoms with Crippen molar-refractivity contribution < 1.29 is 14.2 Å². The maximum absolute atomic E-state index is 5.83. The second-order valence-electron chi connectivity index (χ2n) is 4.37. The molecule has 0 aliphatic rings. The minimum Gasteiger partial charge on any atom is -0.493 e. The van der Waals surface area contributed by atoms with E-state index in [2.05, 4.69) is 15.9 Å². The zero-order valence-electron chi connectivity index (χ0n) is 11.8. The van der Waals surface area contributed by atoms with Gasteiger partial charge in [0.2, 0.25) is 0 Å². The first-order valence-corrected chi connectivity index (χ1v) is 7.04. The Morgan fingerprint density at radius 3 is 2.40 bits per heavy atom. The molecule has 2 rings (SSSR count). The summed E-state index contributed by atoms with van der Waals surface area (Å²) in [5, 5.41) is 0. The normalized spacial score (nSPS) is 10.2. The van der Waals surface area contributed by atoms with Gasteiger partial charge in [0, 0.05) is 0 Å². The number of halogens is 1. The van der Waals surface area contributed by atoms with Crippen LogP contribution in [0.4, 0.5) is 0 Å². The lowest BCUT2D eigenvalue weighted by Crippen LogP contribution is -1.98. The van der Waals surface area contributed by atoms with Crippen molar-refractivity contribution in [3.05, 3.63) is 52.0 Å². The van der Waals surface area contributed by atoms with Crippen LogP contribution < -0.4 is 14.2 Å². The molecule has 4 heteroatoms. The first kappa shape index (κ1) is 14.7. The first-order valence-electron chi connectivity index (χ1n) is 6.24. The molecular weight excluding hydrogens is 320 g/mol. The summed E-state index contributed by atoms with van der Waals surface area (Å²) < 4.78 is 17.3. The quantitative estimate of drug-likeness (QED) is 0.812. The van der Waals surface area contributed by atoms with Crippen molar-refractivity contribution >= 4 is 15.9 Å². The molecule has 0 aliphatic heterocycles. The summed E-state index contributed by atoms with van der Waals surface area (Å²) >= 11 is 3.53. The highest BCUT2D eigenvalue weighted by Gasteiger charge is 2.07. The van der Waals surface area contributed by atoms with Gasteiger partial charge in [0.05, 0.1) is 18.7 Å². The van der Waals surface area contributed by atoms with E-state index in [1.807, 2.05) is 43.3 Å². The summed E-state index contributed by atoms with van der Waals surface area (Å²) in [5.74, 6) is 2.25. The van der Waals surface area contributed by atoms with E-state index in [1.54, 1.807) is 14.2 Å². The van der Waals surface area contributed by atoms with Crippen molar-refractivity contribution in [2.75, 3.05) is 14.2 Å². The molecule has 0 spiro atoms. The summed E-state index contributed by atoms with van der Waals surface area (Å²) in [4.78, 5) is 0. The Balaban J connectivity index is 2.13. The van der Waals surface area contributed by atoms with Gasteiger partial charge in [0.1, 0.15) is 12.4 Å². The highest BCUT2D eigenvalue weighted by Crippen LogP contribution is 2.30. The monoisotopic (exact) mass is 336 g/mol. The molecule has 0 aliphatic carbocycles. The van der Waals surface area contributed by atoms with Crippen LogP contribution in [-0.4, -0.2) is 14.2 Å². The van der Waals surface area contributed by atoms with Crippen LogP contribution in [0.5, 0.6) is 17.2 Å². The van der Waals surface area contributed by atoms with Crippen LogP contribution in [0.3, 0.4) is 0 Å². The Morgan fingerprint density at radius 1 is 0.950 bits per heavy atom. The van der Waals surface area contributed by atoms with Gasteiger partial charge in [-0.15, -0.1) is 0 Å². The van der Waals surface area contributed by atoms with E-state index in [0.717, 1.165) is 21.3 Å². The maximum Gasteiger partial charge on any atom is 0.161 e. The molecule has 0 heterocycles. The molecule has 0 amide bonds.